The summed E-state index contributed by atoms with van der Waals surface area (Å²) in [6.07, 6.45) is 5.49. The second-order valence-corrected chi connectivity index (χ2v) is 8.02. The zero-order chi connectivity index (χ0) is 22.9. The minimum atomic E-state index is -2.86. The van der Waals surface area contributed by atoms with Crippen LogP contribution in [0.4, 0.5) is 19.3 Å². The summed E-state index contributed by atoms with van der Waals surface area (Å²) in [6.45, 7) is 3.23. The lowest BCUT2D eigenvalue weighted by atomic mass is 10.1. The van der Waals surface area contributed by atoms with Crippen LogP contribution in [0.5, 0.6) is 0 Å². The minimum Gasteiger partial charge on any atom is -0.447 e. The van der Waals surface area contributed by atoms with Crippen molar-refractivity contribution in [3.05, 3.63) is 48.5 Å². The van der Waals surface area contributed by atoms with Crippen LogP contribution in [-0.2, 0) is 4.74 Å². The Kier molecular flexibility index (Phi) is 5.77. The number of nitrogens with one attached hydrogen (secondary N) is 1. The molecule has 0 saturated carbocycles. The van der Waals surface area contributed by atoms with Crippen LogP contribution in [0.15, 0.2) is 43.0 Å². The first-order chi connectivity index (χ1) is 15.2. The molecule has 8 nitrogen and oxygen atoms in total. The maximum atomic E-state index is 13.7. The molecule has 0 unspecified atom stereocenters. The fourth-order valence-corrected chi connectivity index (χ4v) is 3.66. The molecule has 1 saturated heterocycles. The first-order valence-electron chi connectivity index (χ1n) is 10.3. The summed E-state index contributed by atoms with van der Waals surface area (Å²) < 4.78 is 34.2. The van der Waals surface area contributed by atoms with Crippen LogP contribution in [0.2, 0.25) is 0 Å². The number of ether oxygens (including phenoxy) is 1. The normalized spacial score (nSPS) is 15.7. The molecule has 0 spiro atoms. The van der Waals surface area contributed by atoms with E-state index in [0.29, 0.717) is 29.0 Å². The highest BCUT2D eigenvalue weighted by Crippen LogP contribution is 2.28. The number of anilines is 1. The molecule has 168 valence electrons. The number of hydrogen-bond acceptors (Lipinski definition) is 5. The highest BCUT2D eigenvalue weighted by atomic mass is 19.3. The van der Waals surface area contributed by atoms with Gasteiger partial charge in [0.15, 0.2) is 0 Å². The monoisotopic (exact) mass is 443 g/mol. The Bertz CT molecular complexity index is 1160. The molecule has 0 radical (unpaired) electrons. The molecule has 0 aromatic carbocycles. The fourth-order valence-electron chi connectivity index (χ4n) is 3.66. The Hall–Kier alpha value is -3.56. The van der Waals surface area contributed by atoms with Crippen molar-refractivity contribution in [2.75, 3.05) is 18.4 Å². The lowest BCUT2D eigenvalue weighted by molar-refractivity contribution is -0.0560. The summed E-state index contributed by atoms with van der Waals surface area (Å²) in [5.41, 5.74) is 1.92. The van der Waals surface area contributed by atoms with Gasteiger partial charge in [0.2, 0.25) is 0 Å². The van der Waals surface area contributed by atoms with Gasteiger partial charge in [-0.3, -0.25) is 19.7 Å². The molecule has 4 heterocycles. The van der Waals surface area contributed by atoms with Gasteiger partial charge in [-0.15, -0.1) is 0 Å². The van der Waals surface area contributed by atoms with Crippen LogP contribution in [0.1, 0.15) is 37.0 Å². The number of rotatable bonds is 4. The van der Waals surface area contributed by atoms with Crippen LogP contribution in [0, 0.1) is 0 Å². The molecule has 3 aromatic rings. The predicted octanol–water partition coefficient (Wildman–Crippen LogP) is 4.25. The number of hydrogen-bond donors (Lipinski definition) is 1. The number of amides is 2. The molecule has 1 aliphatic heterocycles. The predicted molar refractivity (Wildman–Crippen MR) is 114 cm³/mol. The van der Waals surface area contributed by atoms with Crippen LogP contribution in [-0.4, -0.2) is 56.6 Å². The molecule has 2 amide bonds. The molecular formula is C22H23F2N5O3. The average Bonchev–Trinajstić information content (AvgIpc) is 3.15. The van der Waals surface area contributed by atoms with Crippen molar-refractivity contribution in [2.24, 2.45) is 0 Å². The molecule has 0 atom stereocenters. The number of pyridine rings is 2. The zero-order valence-corrected chi connectivity index (χ0v) is 17.7. The van der Waals surface area contributed by atoms with Gasteiger partial charge < -0.3 is 9.64 Å². The van der Waals surface area contributed by atoms with Crippen molar-refractivity contribution in [1.29, 1.82) is 0 Å². The van der Waals surface area contributed by atoms with Crippen molar-refractivity contribution in [1.82, 2.24) is 19.4 Å². The third-order valence-corrected chi connectivity index (χ3v) is 5.04. The second-order valence-electron chi connectivity index (χ2n) is 8.02. The van der Waals surface area contributed by atoms with Crippen molar-refractivity contribution >= 4 is 28.7 Å². The summed E-state index contributed by atoms with van der Waals surface area (Å²) in [5.74, 6) is -3.31. The van der Waals surface area contributed by atoms with Crippen LogP contribution in [0.3, 0.4) is 0 Å². The van der Waals surface area contributed by atoms with Crippen molar-refractivity contribution in [2.45, 2.75) is 38.7 Å². The van der Waals surface area contributed by atoms with E-state index in [1.165, 1.54) is 17.3 Å². The lowest BCUT2D eigenvalue weighted by Gasteiger charge is -2.32. The first kappa shape index (κ1) is 21.7. The van der Waals surface area contributed by atoms with Gasteiger partial charge in [-0.2, -0.15) is 0 Å². The molecule has 1 aliphatic rings. The number of aromatic nitrogens is 3. The quantitative estimate of drug-likeness (QED) is 0.651. The molecule has 3 aromatic heterocycles. The van der Waals surface area contributed by atoms with Crippen LogP contribution in [0.25, 0.3) is 16.7 Å². The molecule has 4 rings (SSSR count). The van der Waals surface area contributed by atoms with Gasteiger partial charge in [0.1, 0.15) is 5.65 Å². The van der Waals surface area contributed by atoms with Gasteiger partial charge in [0.25, 0.3) is 11.8 Å². The Balaban J connectivity index is 1.57. The van der Waals surface area contributed by atoms with E-state index >= 15 is 0 Å². The number of alkyl halides is 2. The third-order valence-electron chi connectivity index (χ3n) is 5.04. The maximum Gasteiger partial charge on any atom is 0.411 e. The van der Waals surface area contributed by atoms with Gasteiger partial charge in [0, 0.05) is 30.7 Å². The van der Waals surface area contributed by atoms with E-state index in [-0.39, 0.29) is 24.5 Å². The minimum absolute atomic E-state index is 0.200. The largest absolute Gasteiger partial charge is 0.447 e. The SMILES string of the molecule is CC(C)OC(=O)Nc1cncc(-n2ccc3cc(C(=O)N4CCCC(F)(F)C4)cnc32)c1. The summed E-state index contributed by atoms with van der Waals surface area (Å²) in [4.78, 5) is 34.3. The molecule has 10 heteroatoms. The second kappa shape index (κ2) is 8.52. The van der Waals surface area contributed by atoms with Gasteiger partial charge in [-0.1, -0.05) is 0 Å². The van der Waals surface area contributed by atoms with E-state index in [0.717, 1.165) is 0 Å². The molecular weight excluding hydrogens is 420 g/mol. The number of likely N-dealkylation sites (tertiary alicyclic amines) is 1. The first-order valence-corrected chi connectivity index (χ1v) is 10.3. The standard InChI is InChI=1S/C22H23F2N5O3/c1-14(2)32-21(31)27-17-9-18(12-25-11-17)29-7-4-15-8-16(10-26-19(15)29)20(30)28-6-3-5-22(23,24)13-28/h4,7-12,14H,3,5-6,13H2,1-2H3,(H,27,31). The number of piperidine rings is 1. The number of carbonyl (C=O) groups excluding carboxylic acids is 2. The summed E-state index contributed by atoms with van der Waals surface area (Å²) in [5, 5.41) is 3.30. The molecule has 0 bridgehead atoms. The van der Waals surface area contributed by atoms with Crippen molar-refractivity contribution in [3.8, 4) is 5.69 Å². The van der Waals surface area contributed by atoms with E-state index < -0.39 is 24.5 Å². The van der Waals surface area contributed by atoms with Gasteiger partial charge in [-0.25, -0.2) is 18.6 Å². The summed E-state index contributed by atoms with van der Waals surface area (Å²) >= 11 is 0. The molecule has 1 fully saturated rings. The molecule has 0 aliphatic carbocycles. The van der Waals surface area contributed by atoms with Crippen molar-refractivity contribution in [3.63, 3.8) is 0 Å². The lowest BCUT2D eigenvalue weighted by Crippen LogP contribution is -2.45. The van der Waals surface area contributed by atoms with Crippen LogP contribution < -0.4 is 5.32 Å². The van der Waals surface area contributed by atoms with E-state index in [4.69, 9.17) is 4.74 Å². The van der Waals surface area contributed by atoms with Crippen molar-refractivity contribution < 1.29 is 23.1 Å². The van der Waals surface area contributed by atoms with E-state index in [1.54, 1.807) is 49.0 Å². The zero-order valence-electron chi connectivity index (χ0n) is 17.7. The topological polar surface area (TPSA) is 89.3 Å². The Morgan fingerprint density at radius 3 is 2.78 bits per heavy atom. The number of nitrogens with zero attached hydrogens (tertiary/aromatic N) is 4. The Morgan fingerprint density at radius 2 is 2.03 bits per heavy atom. The van der Waals surface area contributed by atoms with Gasteiger partial charge >= 0.3 is 6.09 Å². The summed E-state index contributed by atoms with van der Waals surface area (Å²) in [6, 6.07) is 5.13. The smallest absolute Gasteiger partial charge is 0.411 e. The highest BCUT2D eigenvalue weighted by Gasteiger charge is 2.37. The number of carbonyl (C=O) groups is 2. The van der Waals surface area contributed by atoms with E-state index in [1.807, 2.05) is 0 Å². The Labute approximate surface area is 183 Å². The van der Waals surface area contributed by atoms with Gasteiger partial charge in [0.05, 0.1) is 42.0 Å². The highest BCUT2D eigenvalue weighted by molar-refractivity contribution is 5.97. The third kappa shape index (κ3) is 4.68. The Morgan fingerprint density at radius 1 is 1.22 bits per heavy atom. The van der Waals surface area contributed by atoms with Gasteiger partial charge in [-0.05, 0) is 38.5 Å². The van der Waals surface area contributed by atoms with Crippen LogP contribution >= 0.6 is 0 Å². The average molecular weight is 443 g/mol. The van der Waals surface area contributed by atoms with E-state index in [2.05, 4.69) is 15.3 Å². The number of halogens is 2. The molecule has 1 N–H and O–H groups in total. The maximum absolute atomic E-state index is 13.7. The number of fused-ring (bicyclic) bond motifs is 1. The fraction of sp³-hybridized carbons (Fsp3) is 0.364. The van der Waals surface area contributed by atoms with E-state index in [9.17, 15) is 18.4 Å². The summed E-state index contributed by atoms with van der Waals surface area (Å²) in [7, 11) is 0. The molecule has 32 heavy (non-hydrogen) atoms.